The van der Waals surface area contributed by atoms with Gasteiger partial charge in [0.25, 0.3) is 0 Å². The number of methoxy groups -OCH3 is 1. The minimum Gasteiger partial charge on any atom is -0.481 e. The number of hydrogen-bond acceptors (Lipinski definition) is 2. The smallest absolute Gasteiger partial charge is 0.310 e. The van der Waals surface area contributed by atoms with Gasteiger partial charge in [0.05, 0.1) is 12.0 Å². The number of ether oxygens (including phenoxy) is 1. The second-order valence-corrected chi connectivity index (χ2v) is 3.61. The molecule has 1 aromatic rings. The molecule has 0 spiro atoms. The summed E-state index contributed by atoms with van der Waals surface area (Å²) in [7, 11) is 1.64. The molecule has 0 saturated carbocycles. The van der Waals surface area contributed by atoms with Crippen molar-refractivity contribution in [2.45, 2.75) is 25.9 Å². The molecule has 0 amide bonds. The van der Waals surface area contributed by atoms with E-state index in [2.05, 4.69) is 0 Å². The molecule has 3 heteroatoms. The zero-order valence-electron chi connectivity index (χ0n) is 9.23. The molecule has 15 heavy (non-hydrogen) atoms. The Morgan fingerprint density at radius 1 is 1.33 bits per heavy atom. The van der Waals surface area contributed by atoms with Crippen LogP contribution < -0.4 is 0 Å². The molecule has 82 valence electrons. The SMILES string of the molecule is COC(C)c1cccc(C(C)C(=O)O)c1. The normalized spacial score (nSPS) is 14.6. The first-order valence-corrected chi connectivity index (χ1v) is 4.91. The van der Waals surface area contributed by atoms with Crippen LogP contribution in [0.25, 0.3) is 0 Å². The molecule has 0 radical (unpaired) electrons. The Bertz CT molecular complexity index is 346. The lowest BCUT2D eigenvalue weighted by Crippen LogP contribution is -2.08. The molecule has 1 N–H and O–H groups in total. The molecule has 0 aliphatic heterocycles. The van der Waals surface area contributed by atoms with Gasteiger partial charge >= 0.3 is 5.97 Å². The summed E-state index contributed by atoms with van der Waals surface area (Å²) in [6.45, 7) is 3.61. The number of carbonyl (C=O) groups is 1. The van der Waals surface area contributed by atoms with E-state index >= 15 is 0 Å². The van der Waals surface area contributed by atoms with E-state index in [0.29, 0.717) is 0 Å². The Kier molecular flexibility index (Phi) is 3.86. The lowest BCUT2D eigenvalue weighted by Gasteiger charge is -2.13. The maximum Gasteiger partial charge on any atom is 0.310 e. The lowest BCUT2D eigenvalue weighted by atomic mass is 9.98. The highest BCUT2D eigenvalue weighted by Gasteiger charge is 2.14. The maximum atomic E-state index is 10.8. The molecule has 0 saturated heterocycles. The van der Waals surface area contributed by atoms with E-state index in [1.165, 1.54) is 0 Å². The highest BCUT2D eigenvalue weighted by Crippen LogP contribution is 2.21. The van der Waals surface area contributed by atoms with Gasteiger partial charge in [-0.25, -0.2) is 0 Å². The molecule has 0 aromatic heterocycles. The first-order valence-electron chi connectivity index (χ1n) is 4.91. The number of carboxylic acids is 1. The Morgan fingerprint density at radius 3 is 2.47 bits per heavy atom. The monoisotopic (exact) mass is 208 g/mol. The number of benzene rings is 1. The third kappa shape index (κ3) is 2.80. The predicted molar refractivity (Wildman–Crippen MR) is 57.9 cm³/mol. The first kappa shape index (κ1) is 11.7. The summed E-state index contributed by atoms with van der Waals surface area (Å²) in [5, 5.41) is 8.89. The fraction of sp³-hybridized carbons (Fsp3) is 0.417. The number of carboxylic acid groups (broad SMARTS) is 1. The average Bonchev–Trinajstić information content (AvgIpc) is 2.27. The van der Waals surface area contributed by atoms with Crippen molar-refractivity contribution >= 4 is 5.97 Å². The number of aliphatic carboxylic acids is 1. The van der Waals surface area contributed by atoms with Crippen molar-refractivity contribution < 1.29 is 14.6 Å². The Labute approximate surface area is 89.7 Å². The summed E-state index contributed by atoms with van der Waals surface area (Å²) in [6.07, 6.45) is -0.00838. The van der Waals surface area contributed by atoms with E-state index in [1.807, 2.05) is 31.2 Å². The van der Waals surface area contributed by atoms with Crippen LogP contribution in [0.4, 0.5) is 0 Å². The van der Waals surface area contributed by atoms with Crippen LogP contribution in [-0.2, 0) is 9.53 Å². The van der Waals surface area contributed by atoms with Gasteiger partial charge in [-0.1, -0.05) is 24.3 Å². The van der Waals surface area contributed by atoms with Gasteiger partial charge in [0, 0.05) is 7.11 Å². The van der Waals surface area contributed by atoms with Crippen LogP contribution in [0.2, 0.25) is 0 Å². The number of hydrogen-bond donors (Lipinski definition) is 1. The molecule has 2 atom stereocenters. The van der Waals surface area contributed by atoms with Gasteiger partial charge in [-0.05, 0) is 25.0 Å². The average molecular weight is 208 g/mol. The van der Waals surface area contributed by atoms with Crippen molar-refractivity contribution in [3.8, 4) is 0 Å². The van der Waals surface area contributed by atoms with Crippen molar-refractivity contribution in [1.82, 2.24) is 0 Å². The third-order valence-corrected chi connectivity index (χ3v) is 2.60. The molecule has 1 aromatic carbocycles. The molecule has 0 aliphatic rings. The van der Waals surface area contributed by atoms with Crippen LogP contribution in [0.3, 0.4) is 0 Å². The van der Waals surface area contributed by atoms with Gasteiger partial charge < -0.3 is 9.84 Å². The van der Waals surface area contributed by atoms with Crippen LogP contribution in [0, 0.1) is 0 Å². The van der Waals surface area contributed by atoms with Gasteiger partial charge in [0.15, 0.2) is 0 Å². The highest BCUT2D eigenvalue weighted by molar-refractivity contribution is 5.75. The summed E-state index contributed by atoms with van der Waals surface area (Å²) in [4.78, 5) is 10.8. The van der Waals surface area contributed by atoms with Crippen molar-refractivity contribution in [2.75, 3.05) is 7.11 Å². The van der Waals surface area contributed by atoms with Crippen LogP contribution >= 0.6 is 0 Å². The van der Waals surface area contributed by atoms with Gasteiger partial charge in [0.2, 0.25) is 0 Å². The van der Waals surface area contributed by atoms with Crippen molar-refractivity contribution in [1.29, 1.82) is 0 Å². The topological polar surface area (TPSA) is 46.5 Å². The van der Waals surface area contributed by atoms with E-state index < -0.39 is 11.9 Å². The summed E-state index contributed by atoms with van der Waals surface area (Å²) in [6, 6.07) is 7.50. The van der Waals surface area contributed by atoms with Gasteiger partial charge in [-0.15, -0.1) is 0 Å². The van der Waals surface area contributed by atoms with Crippen molar-refractivity contribution in [3.63, 3.8) is 0 Å². The van der Waals surface area contributed by atoms with Crippen LogP contribution in [0.5, 0.6) is 0 Å². The highest BCUT2D eigenvalue weighted by atomic mass is 16.5. The summed E-state index contributed by atoms with van der Waals surface area (Å²) >= 11 is 0. The minimum absolute atomic E-state index is 0.00838. The van der Waals surface area contributed by atoms with Crippen molar-refractivity contribution in [3.05, 3.63) is 35.4 Å². The standard InChI is InChI=1S/C12H16O3/c1-8(12(13)14)10-5-4-6-11(7-10)9(2)15-3/h4-9H,1-3H3,(H,13,14). The molecule has 1 rings (SSSR count). The molecule has 2 unspecified atom stereocenters. The largest absolute Gasteiger partial charge is 0.481 e. The second-order valence-electron chi connectivity index (χ2n) is 3.61. The molecule has 0 bridgehead atoms. The summed E-state index contributed by atoms with van der Waals surface area (Å²) < 4.78 is 5.18. The summed E-state index contributed by atoms with van der Waals surface area (Å²) in [5.74, 6) is -1.29. The Balaban J connectivity index is 2.97. The van der Waals surface area contributed by atoms with Crippen molar-refractivity contribution in [2.24, 2.45) is 0 Å². The minimum atomic E-state index is -0.808. The fourth-order valence-electron chi connectivity index (χ4n) is 1.36. The summed E-state index contributed by atoms with van der Waals surface area (Å²) in [5.41, 5.74) is 1.81. The van der Waals surface area contributed by atoms with Gasteiger partial charge in [-0.2, -0.15) is 0 Å². The predicted octanol–water partition coefficient (Wildman–Crippen LogP) is 2.58. The molecule has 0 fully saturated rings. The molecule has 0 aliphatic carbocycles. The van der Waals surface area contributed by atoms with Crippen LogP contribution in [-0.4, -0.2) is 18.2 Å². The van der Waals surface area contributed by atoms with Crippen LogP contribution in [0.15, 0.2) is 24.3 Å². The Hall–Kier alpha value is -1.35. The maximum absolute atomic E-state index is 10.8. The molecule has 3 nitrogen and oxygen atoms in total. The molecule has 0 heterocycles. The third-order valence-electron chi connectivity index (χ3n) is 2.60. The van der Waals surface area contributed by atoms with E-state index in [9.17, 15) is 4.79 Å². The van der Waals surface area contributed by atoms with Gasteiger partial charge in [-0.3, -0.25) is 4.79 Å². The van der Waals surface area contributed by atoms with E-state index in [4.69, 9.17) is 9.84 Å². The van der Waals surface area contributed by atoms with Gasteiger partial charge in [0.1, 0.15) is 0 Å². The zero-order chi connectivity index (χ0) is 11.4. The quantitative estimate of drug-likeness (QED) is 0.827. The van der Waals surface area contributed by atoms with E-state index in [0.717, 1.165) is 11.1 Å². The van der Waals surface area contributed by atoms with E-state index in [1.54, 1.807) is 14.0 Å². The Morgan fingerprint density at radius 2 is 1.93 bits per heavy atom. The molecular weight excluding hydrogens is 192 g/mol. The van der Waals surface area contributed by atoms with Crippen LogP contribution in [0.1, 0.15) is 37.0 Å². The lowest BCUT2D eigenvalue weighted by molar-refractivity contribution is -0.138. The molecular formula is C12H16O3. The fourth-order valence-corrected chi connectivity index (χ4v) is 1.36. The zero-order valence-corrected chi connectivity index (χ0v) is 9.23. The number of rotatable bonds is 4. The first-order chi connectivity index (χ1) is 7.06. The van der Waals surface area contributed by atoms with E-state index in [-0.39, 0.29) is 6.10 Å². The second kappa shape index (κ2) is 4.94.